The number of rotatable bonds is 52. The molecule has 0 aromatic heterocycles. The van der Waals surface area contributed by atoms with Gasteiger partial charge in [-0.2, -0.15) is 0 Å². The van der Waals surface area contributed by atoms with E-state index in [4.69, 9.17) is 14.2 Å². The van der Waals surface area contributed by atoms with E-state index < -0.39 is 6.10 Å². The second-order valence-corrected chi connectivity index (χ2v) is 19.1. The van der Waals surface area contributed by atoms with Crippen molar-refractivity contribution in [1.29, 1.82) is 0 Å². The monoisotopic (exact) mass is 961 g/mol. The lowest BCUT2D eigenvalue weighted by Gasteiger charge is -2.18. The fourth-order valence-corrected chi connectivity index (χ4v) is 8.10. The van der Waals surface area contributed by atoms with Gasteiger partial charge in [0.1, 0.15) is 13.2 Å². The number of unbranched alkanes of at least 4 members (excludes halogenated alkanes) is 27. The largest absolute Gasteiger partial charge is 0.462 e. The third-order valence-corrected chi connectivity index (χ3v) is 12.4. The molecular weight excluding hydrogens is 853 g/mol. The average molecular weight is 962 g/mol. The maximum atomic E-state index is 12.8. The molecule has 0 radical (unpaired) electrons. The summed E-state index contributed by atoms with van der Waals surface area (Å²) in [5.74, 6) is -0.897. The van der Waals surface area contributed by atoms with Gasteiger partial charge in [0.15, 0.2) is 6.10 Å². The van der Waals surface area contributed by atoms with Gasteiger partial charge >= 0.3 is 17.9 Å². The van der Waals surface area contributed by atoms with Crippen molar-refractivity contribution in [2.45, 2.75) is 284 Å². The smallest absolute Gasteiger partial charge is 0.306 e. The molecule has 0 fully saturated rings. The first-order valence-electron chi connectivity index (χ1n) is 29.1. The van der Waals surface area contributed by atoms with Gasteiger partial charge in [0.2, 0.25) is 0 Å². The molecule has 396 valence electrons. The topological polar surface area (TPSA) is 78.9 Å². The molecule has 6 heteroatoms. The summed E-state index contributed by atoms with van der Waals surface area (Å²) in [6, 6.07) is 0. The molecule has 0 rings (SSSR count). The number of hydrogen-bond donors (Lipinski definition) is 0. The van der Waals surface area contributed by atoms with Crippen LogP contribution in [-0.2, 0) is 28.6 Å². The van der Waals surface area contributed by atoms with E-state index in [1.165, 1.54) is 116 Å². The van der Waals surface area contributed by atoms with E-state index in [0.29, 0.717) is 19.3 Å². The van der Waals surface area contributed by atoms with Gasteiger partial charge in [-0.1, -0.05) is 254 Å². The Morgan fingerprint density at radius 1 is 0.304 bits per heavy atom. The number of esters is 3. The van der Waals surface area contributed by atoms with E-state index in [-0.39, 0.29) is 31.1 Å². The molecule has 6 nitrogen and oxygen atoms in total. The molecule has 0 saturated carbocycles. The van der Waals surface area contributed by atoms with Gasteiger partial charge in [-0.15, -0.1) is 0 Å². The van der Waals surface area contributed by atoms with Crippen LogP contribution in [0.5, 0.6) is 0 Å². The van der Waals surface area contributed by atoms with Crippen LogP contribution < -0.4 is 0 Å². The summed E-state index contributed by atoms with van der Waals surface area (Å²) in [4.78, 5) is 38.2. The molecule has 1 atom stereocenters. The van der Waals surface area contributed by atoms with Crippen molar-refractivity contribution in [3.05, 3.63) is 85.1 Å². The van der Waals surface area contributed by atoms with Crippen LogP contribution in [-0.4, -0.2) is 37.2 Å². The number of carbonyl (C=O) groups is 3. The fraction of sp³-hybridized carbons (Fsp3) is 0.730. The zero-order valence-corrected chi connectivity index (χ0v) is 45.3. The molecule has 0 bridgehead atoms. The van der Waals surface area contributed by atoms with E-state index >= 15 is 0 Å². The first kappa shape index (κ1) is 65.6. The number of allylic oxidation sites excluding steroid dienone is 14. The number of ether oxygens (including phenoxy) is 3. The van der Waals surface area contributed by atoms with Crippen molar-refractivity contribution in [2.24, 2.45) is 0 Å². The molecule has 0 N–H and O–H groups in total. The van der Waals surface area contributed by atoms with Crippen LogP contribution in [0.25, 0.3) is 0 Å². The van der Waals surface area contributed by atoms with Crippen LogP contribution in [0.4, 0.5) is 0 Å². The molecule has 0 aromatic carbocycles. The number of hydrogen-bond acceptors (Lipinski definition) is 6. The molecule has 0 aliphatic heterocycles. The molecule has 1 unspecified atom stereocenters. The minimum absolute atomic E-state index is 0.0825. The second kappa shape index (κ2) is 57.2. The third kappa shape index (κ3) is 55.4. The Morgan fingerprint density at radius 3 is 0.884 bits per heavy atom. The normalized spacial score (nSPS) is 12.7. The molecule has 0 spiro atoms. The van der Waals surface area contributed by atoms with Gasteiger partial charge in [0.25, 0.3) is 0 Å². The lowest BCUT2D eigenvalue weighted by Crippen LogP contribution is -2.30. The highest BCUT2D eigenvalue weighted by atomic mass is 16.6. The molecule has 0 aliphatic rings. The summed E-state index contributed by atoms with van der Waals surface area (Å²) >= 11 is 0. The standard InChI is InChI=1S/C63H108O6/c1-4-7-10-13-16-19-22-25-27-28-29-30-31-32-33-34-36-38-41-44-47-50-53-56-62(65)68-59-60(58-67-61(64)55-52-49-46-43-40-37-24-21-18-15-12-9-6-3)69-63(66)57-54-51-48-45-42-39-35-26-23-20-17-14-11-8-5-2/h7-8,10-11,16-17,19-20,25-27,29-30,35,60H,4-6,9,12-15,18,21-24,28,31-34,36-59H2,1-3H3/b10-7-,11-8-,19-16-,20-17-,27-25-,30-29-,35-26-. The van der Waals surface area contributed by atoms with Crippen LogP contribution >= 0.6 is 0 Å². The minimum atomic E-state index is -0.786. The summed E-state index contributed by atoms with van der Waals surface area (Å²) in [6.45, 7) is 6.41. The Hall–Kier alpha value is -3.41. The minimum Gasteiger partial charge on any atom is -0.462 e. The SMILES string of the molecule is CC/C=C\C/C=C\C/C=C\C/C=C\CCCCCCCCCCCCC(=O)OCC(COC(=O)CCCCCCCCCCCCCCC)OC(=O)CCCCCCC/C=C\C/C=C\C/C=C\CC. The van der Waals surface area contributed by atoms with Gasteiger partial charge in [-0.05, 0) is 89.9 Å². The Morgan fingerprint density at radius 2 is 0.565 bits per heavy atom. The van der Waals surface area contributed by atoms with Gasteiger partial charge in [-0.3, -0.25) is 14.4 Å². The Balaban J connectivity index is 4.34. The van der Waals surface area contributed by atoms with Crippen LogP contribution in [0.3, 0.4) is 0 Å². The van der Waals surface area contributed by atoms with Gasteiger partial charge in [-0.25, -0.2) is 0 Å². The maximum absolute atomic E-state index is 12.8. The number of carbonyl (C=O) groups excluding carboxylic acids is 3. The van der Waals surface area contributed by atoms with E-state index in [0.717, 1.165) is 122 Å². The highest BCUT2D eigenvalue weighted by Gasteiger charge is 2.19. The van der Waals surface area contributed by atoms with Crippen molar-refractivity contribution in [1.82, 2.24) is 0 Å². The van der Waals surface area contributed by atoms with Crippen molar-refractivity contribution < 1.29 is 28.6 Å². The lowest BCUT2D eigenvalue weighted by molar-refractivity contribution is -0.167. The molecule has 0 amide bonds. The summed E-state index contributed by atoms with van der Waals surface area (Å²) in [7, 11) is 0. The van der Waals surface area contributed by atoms with E-state index in [2.05, 4.69) is 106 Å². The zero-order chi connectivity index (χ0) is 50.0. The highest BCUT2D eigenvalue weighted by molar-refractivity contribution is 5.71. The van der Waals surface area contributed by atoms with E-state index in [9.17, 15) is 14.4 Å². The quantitative estimate of drug-likeness (QED) is 0.0262. The molecule has 69 heavy (non-hydrogen) atoms. The first-order valence-corrected chi connectivity index (χ1v) is 29.1. The van der Waals surface area contributed by atoms with E-state index in [1.54, 1.807) is 0 Å². The Labute approximate surface area is 426 Å². The lowest BCUT2D eigenvalue weighted by atomic mass is 10.0. The van der Waals surface area contributed by atoms with Crippen molar-refractivity contribution in [2.75, 3.05) is 13.2 Å². The summed E-state index contributed by atoms with van der Waals surface area (Å²) in [5.41, 5.74) is 0. The molecule has 0 aromatic rings. The Bertz CT molecular complexity index is 1330. The van der Waals surface area contributed by atoms with Crippen molar-refractivity contribution in [3.63, 3.8) is 0 Å². The van der Waals surface area contributed by atoms with Gasteiger partial charge in [0, 0.05) is 19.3 Å². The summed E-state index contributed by atoms with van der Waals surface area (Å²) < 4.78 is 16.9. The second-order valence-electron chi connectivity index (χ2n) is 19.1. The third-order valence-electron chi connectivity index (χ3n) is 12.4. The zero-order valence-electron chi connectivity index (χ0n) is 45.3. The van der Waals surface area contributed by atoms with Crippen LogP contribution in [0.2, 0.25) is 0 Å². The van der Waals surface area contributed by atoms with Gasteiger partial charge < -0.3 is 14.2 Å². The molecule has 0 aliphatic carbocycles. The van der Waals surface area contributed by atoms with Crippen molar-refractivity contribution >= 4 is 17.9 Å². The maximum Gasteiger partial charge on any atom is 0.306 e. The van der Waals surface area contributed by atoms with E-state index in [1.807, 2.05) is 0 Å². The first-order chi connectivity index (χ1) is 34.0. The van der Waals surface area contributed by atoms with Crippen molar-refractivity contribution in [3.8, 4) is 0 Å². The average Bonchev–Trinajstić information content (AvgIpc) is 3.35. The van der Waals surface area contributed by atoms with Crippen LogP contribution in [0.15, 0.2) is 85.1 Å². The fourth-order valence-electron chi connectivity index (χ4n) is 8.10. The predicted octanol–water partition coefficient (Wildman–Crippen LogP) is 19.5. The van der Waals surface area contributed by atoms with Gasteiger partial charge in [0.05, 0.1) is 0 Å². The molecule has 0 heterocycles. The highest BCUT2D eigenvalue weighted by Crippen LogP contribution is 2.16. The molecular formula is C63H108O6. The Kier molecular flexibility index (Phi) is 54.3. The van der Waals surface area contributed by atoms with Crippen LogP contribution in [0.1, 0.15) is 278 Å². The summed E-state index contributed by atoms with van der Waals surface area (Å²) in [5, 5.41) is 0. The predicted molar refractivity (Wildman–Crippen MR) is 297 cm³/mol. The van der Waals surface area contributed by atoms with Crippen LogP contribution in [0, 0.1) is 0 Å². The molecule has 0 saturated heterocycles. The summed E-state index contributed by atoms with van der Waals surface area (Å²) in [6.07, 6.45) is 74.3.